The number of aliphatic carboxylic acids is 1. The largest absolute Gasteiger partial charge is 0.479 e. The fourth-order valence-corrected chi connectivity index (χ4v) is 1.40. The first-order chi connectivity index (χ1) is 6.58. The van der Waals surface area contributed by atoms with Gasteiger partial charge in [0.2, 0.25) is 0 Å². The molecule has 0 heterocycles. The van der Waals surface area contributed by atoms with Gasteiger partial charge < -0.3 is 10.4 Å². The van der Waals surface area contributed by atoms with Gasteiger partial charge in [0.1, 0.15) is 0 Å². The van der Waals surface area contributed by atoms with Crippen LogP contribution in [0.2, 0.25) is 0 Å². The van der Waals surface area contributed by atoms with Gasteiger partial charge >= 0.3 is 12.0 Å². The molecule has 0 aliphatic heterocycles. The highest BCUT2D eigenvalue weighted by molar-refractivity contribution is 5.73. The highest BCUT2D eigenvalue weighted by Gasteiger charge is 2.26. The van der Waals surface area contributed by atoms with E-state index in [9.17, 15) is 9.59 Å². The van der Waals surface area contributed by atoms with Crippen molar-refractivity contribution in [2.75, 3.05) is 6.61 Å². The molecule has 0 atom stereocenters. The molecule has 0 saturated heterocycles. The van der Waals surface area contributed by atoms with Gasteiger partial charge in [0.25, 0.3) is 0 Å². The molecule has 1 aliphatic carbocycles. The van der Waals surface area contributed by atoms with Crippen molar-refractivity contribution in [3.05, 3.63) is 0 Å². The number of nitrogens with one attached hydrogen (secondary N) is 2. The molecule has 1 rings (SSSR count). The first kappa shape index (κ1) is 10.8. The van der Waals surface area contributed by atoms with E-state index in [2.05, 4.69) is 17.1 Å². The molecule has 0 aromatic heterocycles. The van der Waals surface area contributed by atoms with E-state index in [1.807, 2.05) is 5.48 Å². The van der Waals surface area contributed by atoms with E-state index in [0.717, 1.165) is 12.8 Å². The first-order valence-electron chi connectivity index (χ1n) is 4.48. The predicted octanol–water partition coefficient (Wildman–Crippen LogP) is 0.100. The van der Waals surface area contributed by atoms with Crippen molar-refractivity contribution in [3.8, 4) is 0 Å². The maximum absolute atomic E-state index is 11.0. The summed E-state index contributed by atoms with van der Waals surface area (Å²) in [6.07, 6.45) is 1.93. The van der Waals surface area contributed by atoms with Crippen LogP contribution in [0.5, 0.6) is 0 Å². The zero-order chi connectivity index (χ0) is 10.6. The van der Waals surface area contributed by atoms with Crippen molar-refractivity contribution in [2.24, 2.45) is 5.92 Å². The summed E-state index contributed by atoms with van der Waals surface area (Å²) >= 11 is 0. The standard InChI is InChI=1S/C8H14N2O4/c1-5-2-6(3-5)9-8(13)10-14-4-7(11)12/h5-6H,2-4H2,1H3,(H,11,12)(H2,9,10,13). The Kier molecular flexibility index (Phi) is 3.70. The summed E-state index contributed by atoms with van der Waals surface area (Å²) in [5, 5.41) is 10.9. The van der Waals surface area contributed by atoms with Crippen LogP contribution in [0.1, 0.15) is 19.8 Å². The Morgan fingerprint density at radius 2 is 2.14 bits per heavy atom. The van der Waals surface area contributed by atoms with Gasteiger partial charge in [-0.2, -0.15) is 0 Å². The Hall–Kier alpha value is -1.30. The first-order valence-corrected chi connectivity index (χ1v) is 4.48. The van der Waals surface area contributed by atoms with E-state index in [0.29, 0.717) is 5.92 Å². The van der Waals surface area contributed by atoms with Crippen LogP contribution < -0.4 is 10.8 Å². The van der Waals surface area contributed by atoms with Crippen LogP contribution in [0.3, 0.4) is 0 Å². The second-order valence-electron chi connectivity index (χ2n) is 3.53. The van der Waals surface area contributed by atoms with Gasteiger partial charge in [-0.05, 0) is 18.8 Å². The van der Waals surface area contributed by atoms with E-state index in [1.54, 1.807) is 0 Å². The smallest absolute Gasteiger partial charge is 0.338 e. The molecule has 0 aromatic rings. The molecule has 1 fully saturated rings. The molecular weight excluding hydrogens is 188 g/mol. The van der Waals surface area contributed by atoms with Crippen LogP contribution in [-0.2, 0) is 9.63 Å². The average Bonchev–Trinajstić information content (AvgIpc) is 2.00. The van der Waals surface area contributed by atoms with Crippen molar-refractivity contribution in [1.82, 2.24) is 10.8 Å². The summed E-state index contributed by atoms with van der Waals surface area (Å²) in [6, 6.07) is -0.290. The quantitative estimate of drug-likeness (QED) is 0.564. The molecule has 0 bridgehead atoms. The van der Waals surface area contributed by atoms with E-state index >= 15 is 0 Å². The van der Waals surface area contributed by atoms with Crippen LogP contribution in [0.15, 0.2) is 0 Å². The summed E-state index contributed by atoms with van der Waals surface area (Å²) in [5.41, 5.74) is 2.00. The molecule has 0 aromatic carbocycles. The monoisotopic (exact) mass is 202 g/mol. The second kappa shape index (κ2) is 4.80. The van der Waals surface area contributed by atoms with Gasteiger partial charge in [-0.25, -0.2) is 15.1 Å². The Morgan fingerprint density at radius 1 is 1.50 bits per heavy atom. The lowest BCUT2D eigenvalue weighted by Gasteiger charge is -2.32. The van der Waals surface area contributed by atoms with Crippen LogP contribution in [0.25, 0.3) is 0 Å². The zero-order valence-electron chi connectivity index (χ0n) is 7.95. The van der Waals surface area contributed by atoms with Crippen LogP contribution in [-0.4, -0.2) is 29.8 Å². The molecule has 0 unspecified atom stereocenters. The maximum Gasteiger partial charge on any atom is 0.338 e. The molecule has 1 aliphatic rings. The molecule has 80 valence electrons. The minimum absolute atomic E-state index is 0.193. The molecule has 6 nitrogen and oxygen atoms in total. The lowest BCUT2D eigenvalue weighted by molar-refractivity contribution is -0.144. The maximum atomic E-state index is 11.0. The number of amides is 2. The average molecular weight is 202 g/mol. The lowest BCUT2D eigenvalue weighted by atomic mass is 9.82. The summed E-state index contributed by atoms with van der Waals surface area (Å²) in [4.78, 5) is 25.4. The third-order valence-corrected chi connectivity index (χ3v) is 2.07. The molecule has 0 radical (unpaired) electrons. The van der Waals surface area contributed by atoms with Gasteiger partial charge in [0.15, 0.2) is 6.61 Å². The highest BCUT2D eigenvalue weighted by Crippen LogP contribution is 2.25. The molecule has 2 amide bonds. The van der Waals surface area contributed by atoms with Gasteiger partial charge in [-0.15, -0.1) is 0 Å². The van der Waals surface area contributed by atoms with Crippen LogP contribution in [0, 0.1) is 5.92 Å². The van der Waals surface area contributed by atoms with Gasteiger partial charge in [0.05, 0.1) is 0 Å². The third-order valence-electron chi connectivity index (χ3n) is 2.07. The van der Waals surface area contributed by atoms with E-state index in [-0.39, 0.29) is 6.04 Å². The Bertz CT molecular complexity index is 225. The van der Waals surface area contributed by atoms with Crippen molar-refractivity contribution in [1.29, 1.82) is 0 Å². The van der Waals surface area contributed by atoms with Crippen LogP contribution in [0.4, 0.5) is 4.79 Å². The molecular formula is C8H14N2O4. The number of carbonyl (C=O) groups is 2. The van der Waals surface area contributed by atoms with Crippen LogP contribution >= 0.6 is 0 Å². The van der Waals surface area contributed by atoms with Crippen molar-refractivity contribution < 1.29 is 19.5 Å². The number of hydrogen-bond donors (Lipinski definition) is 3. The van der Waals surface area contributed by atoms with Crippen molar-refractivity contribution in [2.45, 2.75) is 25.8 Å². The lowest BCUT2D eigenvalue weighted by Crippen LogP contribution is -2.47. The molecule has 0 spiro atoms. The molecule has 1 saturated carbocycles. The van der Waals surface area contributed by atoms with Gasteiger partial charge in [-0.3, -0.25) is 4.84 Å². The fourth-order valence-electron chi connectivity index (χ4n) is 1.40. The number of rotatable bonds is 4. The SMILES string of the molecule is CC1CC(NC(=O)NOCC(=O)O)C1. The van der Waals surface area contributed by atoms with Gasteiger partial charge in [0, 0.05) is 6.04 Å². The Morgan fingerprint density at radius 3 is 2.64 bits per heavy atom. The minimum Gasteiger partial charge on any atom is -0.479 e. The molecule has 3 N–H and O–H groups in total. The van der Waals surface area contributed by atoms with E-state index in [1.165, 1.54) is 0 Å². The summed E-state index contributed by atoms with van der Waals surface area (Å²) in [7, 11) is 0. The highest BCUT2D eigenvalue weighted by atomic mass is 16.7. The topological polar surface area (TPSA) is 87.7 Å². The Labute approximate surface area is 81.6 Å². The number of carboxylic acids is 1. The second-order valence-corrected chi connectivity index (χ2v) is 3.53. The predicted molar refractivity (Wildman–Crippen MR) is 47.4 cm³/mol. The number of urea groups is 1. The summed E-state index contributed by atoms with van der Waals surface area (Å²) < 4.78 is 0. The zero-order valence-corrected chi connectivity index (χ0v) is 7.95. The number of carbonyl (C=O) groups excluding carboxylic acids is 1. The van der Waals surface area contributed by atoms with Gasteiger partial charge in [-0.1, -0.05) is 6.92 Å². The van der Waals surface area contributed by atoms with Crippen molar-refractivity contribution in [3.63, 3.8) is 0 Å². The Balaban J connectivity index is 2.02. The number of hydroxylamine groups is 1. The third kappa shape index (κ3) is 3.61. The van der Waals surface area contributed by atoms with E-state index < -0.39 is 18.6 Å². The van der Waals surface area contributed by atoms with E-state index in [4.69, 9.17) is 5.11 Å². The fraction of sp³-hybridized carbons (Fsp3) is 0.750. The summed E-state index contributed by atoms with van der Waals surface area (Å²) in [6.45, 7) is 1.57. The van der Waals surface area contributed by atoms with Crippen molar-refractivity contribution >= 4 is 12.0 Å². The summed E-state index contributed by atoms with van der Waals surface area (Å²) in [5.74, 6) is -0.470. The normalized spacial score (nSPS) is 24.9. The molecule has 14 heavy (non-hydrogen) atoms. The number of carboxylic acid groups (broad SMARTS) is 1. The molecule has 6 heteroatoms. The minimum atomic E-state index is -1.12. The number of hydrogen-bond acceptors (Lipinski definition) is 3.